The second-order valence-electron chi connectivity index (χ2n) is 22.8. The van der Waals surface area contributed by atoms with E-state index in [1.165, 1.54) is 77.0 Å². The summed E-state index contributed by atoms with van der Waals surface area (Å²) in [6.45, 7) is 3.36. The molecule has 23 nitrogen and oxygen atoms in total. The Balaban J connectivity index is 1.19. The summed E-state index contributed by atoms with van der Waals surface area (Å²) in [4.78, 5) is 0. The van der Waals surface area contributed by atoms with Crippen LogP contribution in [0.5, 0.6) is 0 Å². The second kappa shape index (κ2) is 34.1. The first kappa shape index (κ1) is 66.2. The van der Waals surface area contributed by atoms with Crippen LogP contribution in [0.2, 0.25) is 0 Å². The van der Waals surface area contributed by atoms with Crippen LogP contribution in [0.3, 0.4) is 0 Å². The molecule has 0 aromatic carbocycles. The van der Waals surface area contributed by atoms with Gasteiger partial charge in [0.15, 0.2) is 25.2 Å². The van der Waals surface area contributed by atoms with E-state index >= 15 is 0 Å². The minimum absolute atomic E-state index is 0.137. The normalized spacial score (nSPS) is 42.0. The number of fused-ring (bicyclic) bond motifs is 2. The van der Waals surface area contributed by atoms with E-state index in [4.69, 9.17) is 47.4 Å². The molecule has 0 spiro atoms. The van der Waals surface area contributed by atoms with Gasteiger partial charge in [0.1, 0.15) is 85.5 Å². The first-order valence-electron chi connectivity index (χ1n) is 29.7. The van der Waals surface area contributed by atoms with Gasteiger partial charge in [0.25, 0.3) is 0 Å². The molecule has 6 aliphatic rings. The largest absolute Gasteiger partial charge is 0.394 e. The number of rotatable bonds is 36. The molecule has 78 heavy (non-hydrogen) atoms. The number of hydrogen-bond donors (Lipinski definition) is 13. The van der Waals surface area contributed by atoms with Crippen molar-refractivity contribution in [2.24, 2.45) is 23.7 Å². The highest BCUT2D eigenvalue weighted by Crippen LogP contribution is 2.56. The molecule has 4 aliphatic heterocycles. The number of unbranched alkanes of at least 4 members (excludes halogenated alkanes) is 16. The Hall–Kier alpha value is -0.920. The first-order valence-corrected chi connectivity index (χ1v) is 29.7. The van der Waals surface area contributed by atoms with Gasteiger partial charge in [-0.1, -0.05) is 117 Å². The molecule has 6 rings (SSSR count). The standard InChI is InChI=1S/C55H100O23/c1-3-5-7-9-11-13-15-17-19-21-69-29-33-31-23-32(34(33)30-70-22-20-18-16-14-12-10-8-6-4-2)50(77-55-48(68)45(65)51(40(28-59)75-55)78-54-47(67)44(64)42(62)39(27-58)74-54)49(31)76-52-35(60)24-36(37(25-56)72-52)71-53-46(66)43(63)41(61)38(26-57)73-53/h31-68H,3-30H2,1-2H3/t31?,32-,33?,34+,35?,36-,37?,38?,39?,40?,41+,42+,43-,44-,45+,46?,47?,48?,49?,50+,51+,52-,53-,54+,55-/m0/s1. The van der Waals surface area contributed by atoms with Crippen LogP contribution in [0.15, 0.2) is 0 Å². The third-order valence-electron chi connectivity index (χ3n) is 17.2. The van der Waals surface area contributed by atoms with E-state index in [-0.39, 0.29) is 30.1 Å². The molecule has 4 heterocycles. The Kier molecular flexibility index (Phi) is 29.0. The van der Waals surface area contributed by atoms with Crippen molar-refractivity contribution < 1.29 is 114 Å². The molecule has 0 amide bonds. The van der Waals surface area contributed by atoms with Gasteiger partial charge in [-0.05, 0) is 42.9 Å². The van der Waals surface area contributed by atoms with E-state index in [0.29, 0.717) is 32.8 Å². The fourth-order valence-corrected chi connectivity index (χ4v) is 12.5. The van der Waals surface area contributed by atoms with Crippen molar-refractivity contribution in [3.63, 3.8) is 0 Å². The van der Waals surface area contributed by atoms with Gasteiger partial charge >= 0.3 is 0 Å². The van der Waals surface area contributed by atoms with Crippen LogP contribution < -0.4 is 0 Å². The molecule has 4 saturated heterocycles. The minimum Gasteiger partial charge on any atom is -0.394 e. The van der Waals surface area contributed by atoms with Crippen LogP contribution in [-0.2, 0) is 47.4 Å². The zero-order valence-corrected chi connectivity index (χ0v) is 46.1. The van der Waals surface area contributed by atoms with Gasteiger partial charge in [-0.25, -0.2) is 0 Å². The van der Waals surface area contributed by atoms with Gasteiger partial charge in [0, 0.05) is 19.6 Å². The number of ether oxygens (including phenoxy) is 10. The maximum absolute atomic E-state index is 11.7. The predicted octanol–water partition coefficient (Wildman–Crippen LogP) is 0.0111. The van der Waals surface area contributed by atoms with E-state index < -0.39 is 155 Å². The Morgan fingerprint density at radius 3 is 1.14 bits per heavy atom. The highest BCUT2D eigenvalue weighted by atomic mass is 16.8. The zero-order valence-electron chi connectivity index (χ0n) is 46.1. The van der Waals surface area contributed by atoms with Gasteiger partial charge in [0.2, 0.25) is 0 Å². The maximum Gasteiger partial charge on any atom is 0.187 e. The monoisotopic (exact) mass is 1130 g/mol. The molecule has 0 aromatic rings. The van der Waals surface area contributed by atoms with Gasteiger partial charge < -0.3 is 114 Å². The quantitative estimate of drug-likeness (QED) is 0.0368. The van der Waals surface area contributed by atoms with Gasteiger partial charge in [-0.3, -0.25) is 0 Å². The molecular formula is C55H100O23. The number of hydrogen-bond acceptors (Lipinski definition) is 23. The summed E-state index contributed by atoms with van der Waals surface area (Å²) in [7, 11) is 0. The van der Waals surface area contributed by atoms with Crippen LogP contribution in [0.1, 0.15) is 142 Å². The summed E-state index contributed by atoms with van der Waals surface area (Å²) < 4.78 is 61.6. The van der Waals surface area contributed by atoms with E-state index in [1.807, 2.05) is 0 Å². The molecule has 2 aliphatic carbocycles. The molecular weight excluding hydrogens is 1030 g/mol. The van der Waals surface area contributed by atoms with E-state index in [2.05, 4.69) is 13.8 Å². The summed E-state index contributed by atoms with van der Waals surface area (Å²) in [5.74, 6) is -0.925. The average Bonchev–Trinajstić information content (AvgIpc) is 4.01. The number of aliphatic hydroxyl groups is 13. The summed E-state index contributed by atoms with van der Waals surface area (Å²) in [6.07, 6.45) is -10.4. The van der Waals surface area contributed by atoms with Crippen LogP contribution in [0.4, 0.5) is 0 Å². The number of aliphatic hydroxyl groups excluding tert-OH is 13. The van der Waals surface area contributed by atoms with Crippen molar-refractivity contribution in [1.82, 2.24) is 0 Å². The Morgan fingerprint density at radius 1 is 0.346 bits per heavy atom. The fraction of sp³-hybridized carbons (Fsp3) is 1.00. The highest BCUT2D eigenvalue weighted by Gasteiger charge is 2.62. The van der Waals surface area contributed by atoms with Crippen molar-refractivity contribution in [2.75, 3.05) is 52.9 Å². The molecule has 458 valence electrons. The molecule has 2 bridgehead atoms. The highest BCUT2D eigenvalue weighted by molar-refractivity contribution is 5.09. The Morgan fingerprint density at radius 2 is 0.705 bits per heavy atom. The summed E-state index contributed by atoms with van der Waals surface area (Å²) in [6, 6.07) is 0. The van der Waals surface area contributed by atoms with E-state index in [1.54, 1.807) is 0 Å². The lowest BCUT2D eigenvalue weighted by molar-refractivity contribution is -0.372. The second-order valence-corrected chi connectivity index (χ2v) is 22.8. The minimum atomic E-state index is -1.86. The Bertz CT molecular complexity index is 1600. The molecule has 2 saturated carbocycles. The van der Waals surface area contributed by atoms with Gasteiger partial charge in [-0.15, -0.1) is 0 Å². The van der Waals surface area contributed by atoms with Crippen molar-refractivity contribution in [3.05, 3.63) is 0 Å². The van der Waals surface area contributed by atoms with Crippen LogP contribution in [-0.4, -0.2) is 248 Å². The van der Waals surface area contributed by atoms with Crippen molar-refractivity contribution in [2.45, 2.75) is 271 Å². The van der Waals surface area contributed by atoms with Crippen molar-refractivity contribution >= 4 is 0 Å². The SMILES string of the molecule is CCCCCCCCCCCOCC1C2C[C@@H]([C@H]1COCCCCCCCCCCC)[C@@H](O[C@@H]1OC(CO)[C@@H](O[C@H]3OC(CO)[C@@H](O)[C@H](O)C3O)[C@H](O)C1O)C2O[C@@H]1OC(CO)[C@@H](O[C@H]2OC(CO)[C@@H](O)[C@H](O)C2O)CC1O. The molecule has 11 unspecified atom stereocenters. The summed E-state index contributed by atoms with van der Waals surface area (Å²) in [5, 5.41) is 139. The molecule has 25 atom stereocenters. The molecule has 13 N–H and O–H groups in total. The topological polar surface area (TPSA) is 355 Å². The van der Waals surface area contributed by atoms with Crippen molar-refractivity contribution in [3.8, 4) is 0 Å². The molecule has 0 aromatic heterocycles. The van der Waals surface area contributed by atoms with Crippen LogP contribution in [0.25, 0.3) is 0 Å². The van der Waals surface area contributed by atoms with Crippen LogP contribution in [0, 0.1) is 23.7 Å². The average molecular weight is 1130 g/mol. The van der Waals surface area contributed by atoms with E-state index in [9.17, 15) is 66.4 Å². The maximum atomic E-state index is 11.7. The third-order valence-corrected chi connectivity index (χ3v) is 17.2. The fourth-order valence-electron chi connectivity index (χ4n) is 12.5. The van der Waals surface area contributed by atoms with Gasteiger partial charge in [0.05, 0.1) is 58.0 Å². The molecule has 23 heteroatoms. The molecule has 0 radical (unpaired) electrons. The van der Waals surface area contributed by atoms with Gasteiger partial charge in [-0.2, -0.15) is 0 Å². The smallest absolute Gasteiger partial charge is 0.187 e. The lowest BCUT2D eigenvalue weighted by Crippen LogP contribution is -2.65. The lowest BCUT2D eigenvalue weighted by Gasteiger charge is -2.48. The predicted molar refractivity (Wildman–Crippen MR) is 276 cm³/mol. The van der Waals surface area contributed by atoms with Crippen LogP contribution >= 0.6 is 0 Å². The first-order chi connectivity index (χ1) is 37.7. The van der Waals surface area contributed by atoms with E-state index in [0.717, 1.165) is 38.5 Å². The molecule has 6 fully saturated rings. The van der Waals surface area contributed by atoms with Crippen molar-refractivity contribution in [1.29, 1.82) is 0 Å². The summed E-state index contributed by atoms with van der Waals surface area (Å²) >= 11 is 0. The summed E-state index contributed by atoms with van der Waals surface area (Å²) in [5.41, 5.74) is 0. The lowest BCUT2D eigenvalue weighted by atomic mass is 9.76. The third kappa shape index (κ3) is 17.6. The zero-order chi connectivity index (χ0) is 56.3. The Labute approximate surface area is 460 Å².